The Hall–Kier alpha value is -2.24. The molecule has 33 heavy (non-hydrogen) atoms. The van der Waals surface area contributed by atoms with Gasteiger partial charge in [0.15, 0.2) is 5.78 Å². The van der Waals surface area contributed by atoms with E-state index < -0.39 is 33.0 Å². The van der Waals surface area contributed by atoms with Gasteiger partial charge in [-0.2, -0.15) is 4.31 Å². The van der Waals surface area contributed by atoms with E-state index in [2.05, 4.69) is 15.2 Å². The zero-order valence-electron chi connectivity index (χ0n) is 18.7. The van der Waals surface area contributed by atoms with Crippen molar-refractivity contribution in [3.05, 3.63) is 41.6 Å². The van der Waals surface area contributed by atoms with Crippen LogP contribution in [0, 0.1) is 11.6 Å². The SMILES string of the molecule is Cn1cc(S(=O)(=O)N2CCN(C3(CCC(=O)c4c(F)cccc4F)CCCCC3)CC2)nn1. The van der Waals surface area contributed by atoms with Crippen LogP contribution in [0.3, 0.4) is 0 Å². The summed E-state index contributed by atoms with van der Waals surface area (Å²) >= 11 is 0. The van der Waals surface area contributed by atoms with Crippen molar-refractivity contribution < 1.29 is 22.0 Å². The van der Waals surface area contributed by atoms with E-state index in [1.165, 1.54) is 21.3 Å². The average molecular weight is 482 g/mol. The van der Waals surface area contributed by atoms with Gasteiger partial charge in [-0.3, -0.25) is 14.4 Å². The summed E-state index contributed by atoms with van der Waals surface area (Å²) in [5.74, 6) is -2.19. The van der Waals surface area contributed by atoms with E-state index in [0.29, 0.717) is 32.6 Å². The molecule has 1 aromatic heterocycles. The van der Waals surface area contributed by atoms with Gasteiger partial charge < -0.3 is 0 Å². The molecule has 8 nitrogen and oxygen atoms in total. The molecular formula is C22H29F2N5O3S. The van der Waals surface area contributed by atoms with Crippen LogP contribution in [-0.4, -0.2) is 70.1 Å². The first-order chi connectivity index (χ1) is 15.7. The zero-order chi connectivity index (χ0) is 23.6. The standard InChI is InChI=1S/C22H29F2N5O3S/c1-27-16-20(25-26-27)33(31,32)29-14-12-28(13-15-29)22(9-3-2-4-10-22)11-8-19(30)21-17(23)6-5-7-18(21)24/h5-7,16H,2-4,8-15H2,1H3. The fourth-order valence-electron chi connectivity index (χ4n) is 5.15. The first-order valence-corrected chi connectivity index (χ1v) is 12.8. The van der Waals surface area contributed by atoms with Gasteiger partial charge in [0.25, 0.3) is 10.0 Å². The number of Topliss-reactive ketones (excluding diaryl/α,β-unsaturated/α-hetero) is 1. The molecule has 11 heteroatoms. The van der Waals surface area contributed by atoms with E-state index in [-0.39, 0.29) is 17.0 Å². The fourth-order valence-corrected chi connectivity index (χ4v) is 6.48. The smallest absolute Gasteiger partial charge is 0.264 e. The van der Waals surface area contributed by atoms with E-state index >= 15 is 0 Å². The lowest BCUT2D eigenvalue weighted by molar-refractivity contribution is 0.0164. The normalized spacial score (nSPS) is 20.1. The number of aryl methyl sites for hydroxylation is 1. The number of carbonyl (C=O) groups is 1. The van der Waals surface area contributed by atoms with Crippen molar-refractivity contribution in [2.75, 3.05) is 26.2 Å². The summed E-state index contributed by atoms with van der Waals surface area (Å²) in [4.78, 5) is 15.0. The van der Waals surface area contributed by atoms with Crippen LogP contribution in [0.4, 0.5) is 8.78 Å². The van der Waals surface area contributed by atoms with Crippen LogP contribution < -0.4 is 0 Å². The number of carbonyl (C=O) groups excluding carboxylic acids is 1. The molecule has 2 aliphatic rings. The maximum atomic E-state index is 14.1. The molecule has 2 fully saturated rings. The van der Waals surface area contributed by atoms with E-state index in [9.17, 15) is 22.0 Å². The quantitative estimate of drug-likeness (QED) is 0.565. The molecule has 0 unspecified atom stereocenters. The van der Waals surface area contributed by atoms with E-state index in [1.807, 2.05) is 0 Å². The number of hydrogen-bond donors (Lipinski definition) is 0. The predicted octanol–water partition coefficient (Wildman–Crippen LogP) is 2.77. The first-order valence-electron chi connectivity index (χ1n) is 11.3. The molecule has 0 spiro atoms. The number of sulfonamides is 1. The second-order valence-electron chi connectivity index (χ2n) is 8.93. The van der Waals surface area contributed by atoms with Crippen LogP contribution in [0.2, 0.25) is 0 Å². The molecule has 1 aromatic carbocycles. The highest BCUT2D eigenvalue weighted by Gasteiger charge is 2.41. The molecule has 180 valence electrons. The lowest BCUT2D eigenvalue weighted by Crippen LogP contribution is -2.58. The molecule has 0 bridgehead atoms. The van der Waals surface area contributed by atoms with Crippen molar-refractivity contribution in [2.24, 2.45) is 7.05 Å². The summed E-state index contributed by atoms with van der Waals surface area (Å²) in [6.45, 7) is 1.69. The highest BCUT2D eigenvalue weighted by Crippen LogP contribution is 2.39. The Bertz CT molecular complexity index is 1090. The van der Waals surface area contributed by atoms with Crippen molar-refractivity contribution in [2.45, 2.75) is 55.5 Å². The molecule has 1 aliphatic carbocycles. The number of nitrogens with zero attached hydrogens (tertiary/aromatic N) is 5. The molecular weight excluding hydrogens is 452 g/mol. The zero-order valence-corrected chi connectivity index (χ0v) is 19.5. The Morgan fingerprint density at radius 3 is 2.27 bits per heavy atom. The van der Waals surface area contributed by atoms with Crippen LogP contribution in [0.15, 0.2) is 29.4 Å². The van der Waals surface area contributed by atoms with Gasteiger partial charge in [-0.05, 0) is 31.4 Å². The number of halogens is 2. The third-order valence-electron chi connectivity index (χ3n) is 6.94. The van der Waals surface area contributed by atoms with Gasteiger partial charge in [0.05, 0.1) is 11.8 Å². The summed E-state index contributed by atoms with van der Waals surface area (Å²) in [5, 5.41) is 7.40. The molecule has 4 rings (SSSR count). The Kier molecular flexibility index (Phi) is 6.92. The number of rotatable bonds is 7. The highest BCUT2D eigenvalue weighted by molar-refractivity contribution is 7.89. The molecule has 0 radical (unpaired) electrons. The maximum Gasteiger partial charge on any atom is 0.264 e. The minimum absolute atomic E-state index is 0.0516. The number of piperazine rings is 1. The third-order valence-corrected chi connectivity index (χ3v) is 8.70. The van der Waals surface area contributed by atoms with E-state index in [0.717, 1.165) is 44.2 Å². The van der Waals surface area contributed by atoms with E-state index in [1.54, 1.807) is 7.05 Å². The van der Waals surface area contributed by atoms with Gasteiger partial charge in [0, 0.05) is 45.2 Å². The molecule has 1 aliphatic heterocycles. The summed E-state index contributed by atoms with van der Waals surface area (Å²) in [6, 6.07) is 3.45. The van der Waals surface area contributed by atoms with Gasteiger partial charge in [-0.25, -0.2) is 17.2 Å². The Balaban J connectivity index is 1.45. The Labute approximate surface area is 192 Å². The molecule has 1 saturated carbocycles. The third kappa shape index (κ3) is 4.85. The summed E-state index contributed by atoms with van der Waals surface area (Å²) in [6.07, 6.45) is 6.84. The predicted molar refractivity (Wildman–Crippen MR) is 117 cm³/mol. The van der Waals surface area contributed by atoms with Crippen molar-refractivity contribution >= 4 is 15.8 Å². The second-order valence-corrected chi connectivity index (χ2v) is 10.8. The van der Waals surface area contributed by atoms with Gasteiger partial charge in [-0.1, -0.05) is 30.5 Å². The minimum atomic E-state index is -3.71. The van der Waals surface area contributed by atoms with Crippen molar-refractivity contribution in [3.63, 3.8) is 0 Å². The van der Waals surface area contributed by atoms with Crippen LogP contribution in [0.25, 0.3) is 0 Å². The lowest BCUT2D eigenvalue weighted by Gasteiger charge is -2.49. The number of ketones is 1. The maximum absolute atomic E-state index is 14.1. The van der Waals surface area contributed by atoms with Gasteiger partial charge >= 0.3 is 0 Å². The Morgan fingerprint density at radius 2 is 1.70 bits per heavy atom. The van der Waals surface area contributed by atoms with Crippen LogP contribution in [0.1, 0.15) is 55.3 Å². The fraction of sp³-hybridized carbons (Fsp3) is 0.591. The molecule has 2 aromatic rings. The molecule has 0 N–H and O–H groups in total. The topological polar surface area (TPSA) is 88.4 Å². The van der Waals surface area contributed by atoms with E-state index in [4.69, 9.17) is 0 Å². The van der Waals surface area contributed by atoms with Gasteiger partial charge in [0.2, 0.25) is 5.03 Å². The highest BCUT2D eigenvalue weighted by atomic mass is 32.2. The van der Waals surface area contributed by atoms with Crippen LogP contribution in [-0.2, 0) is 17.1 Å². The number of hydrogen-bond acceptors (Lipinski definition) is 6. The largest absolute Gasteiger partial charge is 0.295 e. The number of benzene rings is 1. The van der Waals surface area contributed by atoms with Crippen LogP contribution in [0.5, 0.6) is 0 Å². The monoisotopic (exact) mass is 481 g/mol. The van der Waals surface area contributed by atoms with Crippen molar-refractivity contribution in [1.82, 2.24) is 24.2 Å². The van der Waals surface area contributed by atoms with Crippen molar-refractivity contribution in [3.8, 4) is 0 Å². The summed E-state index contributed by atoms with van der Waals surface area (Å²) < 4.78 is 56.7. The minimum Gasteiger partial charge on any atom is -0.295 e. The first kappa shape index (κ1) is 23.9. The Morgan fingerprint density at radius 1 is 1.06 bits per heavy atom. The van der Waals surface area contributed by atoms with Gasteiger partial charge in [-0.15, -0.1) is 5.10 Å². The molecule has 1 saturated heterocycles. The molecule has 2 heterocycles. The molecule has 0 atom stereocenters. The lowest BCUT2D eigenvalue weighted by atomic mass is 9.76. The van der Waals surface area contributed by atoms with Crippen molar-refractivity contribution in [1.29, 1.82) is 0 Å². The van der Waals surface area contributed by atoms with Gasteiger partial charge in [0.1, 0.15) is 11.6 Å². The summed E-state index contributed by atoms with van der Waals surface area (Å²) in [7, 11) is -2.10. The number of aromatic nitrogens is 3. The second kappa shape index (κ2) is 9.55. The summed E-state index contributed by atoms with van der Waals surface area (Å²) in [5.41, 5.74) is -0.735. The molecule has 0 amide bonds. The van der Waals surface area contributed by atoms with Crippen LogP contribution >= 0.6 is 0 Å². The average Bonchev–Trinajstić information content (AvgIpc) is 3.25.